The highest BCUT2D eigenvalue weighted by Crippen LogP contribution is 2.21. The van der Waals surface area contributed by atoms with Gasteiger partial charge in [0.15, 0.2) is 0 Å². The van der Waals surface area contributed by atoms with Gasteiger partial charge in [0.25, 0.3) is 0 Å². The van der Waals surface area contributed by atoms with Crippen LogP contribution in [0.3, 0.4) is 0 Å². The SMILES string of the molecule is CO[C@@H]1CNC[C@H]1c1cn[nH]n1.Cl.Cl. The van der Waals surface area contributed by atoms with E-state index in [4.69, 9.17) is 4.74 Å². The summed E-state index contributed by atoms with van der Waals surface area (Å²) in [7, 11) is 1.73. The van der Waals surface area contributed by atoms with Gasteiger partial charge in [-0.3, -0.25) is 0 Å². The van der Waals surface area contributed by atoms with Crippen molar-refractivity contribution < 1.29 is 4.74 Å². The molecule has 1 aromatic heterocycles. The van der Waals surface area contributed by atoms with Gasteiger partial charge >= 0.3 is 0 Å². The highest BCUT2D eigenvalue weighted by molar-refractivity contribution is 5.85. The molecular weight excluding hydrogens is 227 g/mol. The molecule has 1 aliphatic heterocycles. The first kappa shape index (κ1) is 13.6. The van der Waals surface area contributed by atoms with Gasteiger partial charge in [-0.1, -0.05) is 0 Å². The molecular formula is C7H14Cl2N4O. The van der Waals surface area contributed by atoms with Crippen LogP contribution in [0.2, 0.25) is 0 Å². The van der Waals surface area contributed by atoms with Crippen LogP contribution in [-0.2, 0) is 4.74 Å². The second-order valence-corrected chi connectivity index (χ2v) is 2.93. The second-order valence-electron chi connectivity index (χ2n) is 2.93. The van der Waals surface area contributed by atoms with Crippen molar-refractivity contribution in [2.45, 2.75) is 12.0 Å². The van der Waals surface area contributed by atoms with E-state index in [0.717, 1.165) is 18.8 Å². The summed E-state index contributed by atoms with van der Waals surface area (Å²) < 4.78 is 5.30. The maximum Gasteiger partial charge on any atom is 0.0894 e. The third-order valence-electron chi connectivity index (χ3n) is 2.27. The van der Waals surface area contributed by atoms with Crippen LogP contribution < -0.4 is 5.32 Å². The maximum atomic E-state index is 5.30. The van der Waals surface area contributed by atoms with Crippen LogP contribution in [0.4, 0.5) is 0 Å². The standard InChI is InChI=1S/C7H12N4O.2ClH/c1-12-7-4-8-2-5(7)6-3-9-11-10-6;;/h3,5,7-8H,2,4H2,1H3,(H,9,10,11);2*1H/t5-,7+;;/m0../s1. The van der Waals surface area contributed by atoms with Gasteiger partial charge in [-0.05, 0) is 0 Å². The molecule has 1 aromatic rings. The van der Waals surface area contributed by atoms with Gasteiger partial charge in [-0.15, -0.1) is 24.8 Å². The lowest BCUT2D eigenvalue weighted by molar-refractivity contribution is 0.104. The number of hydrogen-bond donors (Lipinski definition) is 2. The lowest BCUT2D eigenvalue weighted by atomic mass is 10.0. The molecule has 0 amide bonds. The largest absolute Gasteiger partial charge is 0.379 e. The van der Waals surface area contributed by atoms with E-state index in [1.165, 1.54) is 0 Å². The first-order chi connectivity index (χ1) is 5.92. The van der Waals surface area contributed by atoms with Gasteiger partial charge in [-0.2, -0.15) is 15.4 Å². The number of hydrogen-bond acceptors (Lipinski definition) is 4. The Morgan fingerprint density at radius 3 is 2.79 bits per heavy atom. The topological polar surface area (TPSA) is 62.8 Å². The fourth-order valence-electron chi connectivity index (χ4n) is 1.59. The van der Waals surface area contributed by atoms with E-state index < -0.39 is 0 Å². The highest BCUT2D eigenvalue weighted by Gasteiger charge is 2.29. The Hall–Kier alpha value is -0.360. The fraction of sp³-hybridized carbons (Fsp3) is 0.714. The van der Waals surface area contributed by atoms with E-state index in [2.05, 4.69) is 20.7 Å². The summed E-state index contributed by atoms with van der Waals surface area (Å²) in [4.78, 5) is 0. The molecule has 1 saturated heterocycles. The van der Waals surface area contributed by atoms with Crippen molar-refractivity contribution in [3.63, 3.8) is 0 Å². The molecule has 1 aliphatic rings. The van der Waals surface area contributed by atoms with Crippen LogP contribution in [-0.4, -0.2) is 41.7 Å². The Morgan fingerprint density at radius 1 is 1.43 bits per heavy atom. The van der Waals surface area contributed by atoms with Crippen molar-refractivity contribution in [3.05, 3.63) is 11.9 Å². The second kappa shape index (κ2) is 6.19. The van der Waals surface area contributed by atoms with E-state index in [9.17, 15) is 0 Å². The molecule has 7 heteroatoms. The summed E-state index contributed by atoms with van der Waals surface area (Å²) in [6.45, 7) is 1.82. The molecule has 2 rings (SSSR count). The Morgan fingerprint density at radius 2 is 2.21 bits per heavy atom. The normalized spacial score (nSPS) is 25.2. The Labute approximate surface area is 94.8 Å². The third-order valence-corrected chi connectivity index (χ3v) is 2.27. The van der Waals surface area contributed by atoms with E-state index in [1.807, 2.05) is 0 Å². The lowest BCUT2D eigenvalue weighted by Crippen LogP contribution is -2.19. The number of nitrogens with one attached hydrogen (secondary N) is 2. The molecule has 14 heavy (non-hydrogen) atoms. The average molecular weight is 241 g/mol. The predicted molar refractivity (Wildman–Crippen MR) is 57.3 cm³/mol. The molecule has 0 bridgehead atoms. The van der Waals surface area contributed by atoms with Crippen LogP contribution in [0.15, 0.2) is 6.20 Å². The minimum atomic E-state index is 0. The molecule has 0 radical (unpaired) electrons. The molecule has 2 heterocycles. The molecule has 0 aliphatic carbocycles. The zero-order chi connectivity index (χ0) is 8.39. The number of halogens is 2. The smallest absolute Gasteiger partial charge is 0.0894 e. The zero-order valence-corrected chi connectivity index (χ0v) is 9.40. The van der Waals surface area contributed by atoms with Gasteiger partial charge in [0, 0.05) is 26.1 Å². The summed E-state index contributed by atoms with van der Waals surface area (Å²) in [5, 5.41) is 13.7. The van der Waals surface area contributed by atoms with E-state index in [0.29, 0.717) is 5.92 Å². The van der Waals surface area contributed by atoms with Gasteiger partial charge in [0.1, 0.15) is 0 Å². The first-order valence-corrected chi connectivity index (χ1v) is 4.01. The van der Waals surface area contributed by atoms with Crippen LogP contribution in [0.1, 0.15) is 11.6 Å². The number of nitrogens with zero attached hydrogens (tertiary/aromatic N) is 2. The Bertz CT molecular complexity index is 244. The number of H-pyrrole nitrogens is 1. The van der Waals surface area contributed by atoms with E-state index in [1.54, 1.807) is 13.3 Å². The van der Waals surface area contributed by atoms with Crippen molar-refractivity contribution in [3.8, 4) is 0 Å². The zero-order valence-electron chi connectivity index (χ0n) is 7.77. The summed E-state index contributed by atoms with van der Waals surface area (Å²) in [5.74, 6) is 0.341. The Kier molecular flexibility index (Phi) is 6.03. The first-order valence-electron chi connectivity index (χ1n) is 4.01. The minimum Gasteiger partial charge on any atom is -0.379 e. The molecule has 5 nitrogen and oxygen atoms in total. The van der Waals surface area contributed by atoms with Gasteiger partial charge < -0.3 is 10.1 Å². The highest BCUT2D eigenvalue weighted by atomic mass is 35.5. The molecule has 2 N–H and O–H groups in total. The average Bonchev–Trinajstić information content (AvgIpc) is 2.74. The number of aromatic amines is 1. The quantitative estimate of drug-likeness (QED) is 0.784. The molecule has 82 valence electrons. The minimum absolute atomic E-state index is 0. The number of ether oxygens (including phenoxy) is 1. The monoisotopic (exact) mass is 240 g/mol. The van der Waals surface area contributed by atoms with E-state index >= 15 is 0 Å². The third kappa shape index (κ3) is 2.57. The molecule has 0 unspecified atom stereocenters. The molecule has 1 fully saturated rings. The van der Waals surface area contributed by atoms with Crippen LogP contribution in [0.5, 0.6) is 0 Å². The summed E-state index contributed by atoms with van der Waals surface area (Å²) in [5.41, 5.74) is 0.979. The van der Waals surface area contributed by atoms with Gasteiger partial charge in [0.05, 0.1) is 18.0 Å². The van der Waals surface area contributed by atoms with E-state index in [-0.39, 0.29) is 30.9 Å². The maximum absolute atomic E-state index is 5.30. The molecule has 0 saturated carbocycles. The van der Waals surface area contributed by atoms with Crippen molar-refractivity contribution in [1.29, 1.82) is 0 Å². The van der Waals surface area contributed by atoms with Crippen LogP contribution in [0.25, 0.3) is 0 Å². The van der Waals surface area contributed by atoms with Crippen molar-refractivity contribution in [2.24, 2.45) is 0 Å². The summed E-state index contributed by atoms with van der Waals surface area (Å²) >= 11 is 0. The van der Waals surface area contributed by atoms with Crippen LogP contribution >= 0.6 is 24.8 Å². The molecule has 2 atom stereocenters. The summed E-state index contributed by atoms with van der Waals surface area (Å²) in [6, 6.07) is 0. The van der Waals surface area contributed by atoms with Crippen molar-refractivity contribution in [1.82, 2.24) is 20.7 Å². The summed E-state index contributed by atoms with van der Waals surface area (Å²) in [6.07, 6.45) is 1.99. The number of rotatable bonds is 2. The molecule has 0 aromatic carbocycles. The number of methoxy groups -OCH3 is 1. The fourth-order valence-corrected chi connectivity index (χ4v) is 1.59. The lowest BCUT2D eigenvalue weighted by Gasteiger charge is -2.13. The Balaban J connectivity index is 0.000000845. The van der Waals surface area contributed by atoms with Crippen molar-refractivity contribution in [2.75, 3.05) is 20.2 Å². The van der Waals surface area contributed by atoms with Gasteiger partial charge in [-0.25, -0.2) is 0 Å². The van der Waals surface area contributed by atoms with Crippen LogP contribution in [0, 0.1) is 0 Å². The number of aromatic nitrogens is 3. The molecule has 0 spiro atoms. The van der Waals surface area contributed by atoms with Crippen molar-refractivity contribution >= 4 is 24.8 Å². The predicted octanol–water partition coefficient (Wildman–Crippen LogP) is 0.350. The van der Waals surface area contributed by atoms with Gasteiger partial charge in [0.2, 0.25) is 0 Å².